The van der Waals surface area contributed by atoms with Crippen LogP contribution >= 0.6 is 0 Å². The molecule has 0 spiro atoms. The quantitative estimate of drug-likeness (QED) is 0.356. The van der Waals surface area contributed by atoms with E-state index in [1.807, 2.05) is 37.3 Å². The lowest BCUT2D eigenvalue weighted by Crippen LogP contribution is -2.24. The van der Waals surface area contributed by atoms with Gasteiger partial charge < -0.3 is 14.8 Å². The molecular formula is C27H34N6O3. The van der Waals surface area contributed by atoms with Gasteiger partial charge in [-0.3, -0.25) is 4.79 Å². The second kappa shape index (κ2) is 12.8. The number of hydrogen-bond donors (Lipinski definition) is 1. The number of benzene rings is 1. The van der Waals surface area contributed by atoms with E-state index in [1.165, 1.54) is 0 Å². The molecule has 1 amide bonds. The summed E-state index contributed by atoms with van der Waals surface area (Å²) in [7, 11) is 0. The Balaban J connectivity index is 1.10. The number of nitrogens with zero attached hydrogens (tertiary/aromatic N) is 5. The van der Waals surface area contributed by atoms with Crippen LogP contribution in [0.2, 0.25) is 0 Å². The van der Waals surface area contributed by atoms with Gasteiger partial charge in [0.15, 0.2) is 11.2 Å². The van der Waals surface area contributed by atoms with Crippen LogP contribution in [-0.2, 0) is 16.0 Å². The Morgan fingerprint density at radius 2 is 1.97 bits per heavy atom. The van der Waals surface area contributed by atoms with E-state index in [0.29, 0.717) is 49.7 Å². The smallest absolute Gasteiger partial charge is 0.220 e. The van der Waals surface area contributed by atoms with Crippen LogP contribution in [0.3, 0.4) is 0 Å². The first-order valence-electron chi connectivity index (χ1n) is 12.7. The summed E-state index contributed by atoms with van der Waals surface area (Å²) in [6.07, 6.45) is 12.7. The minimum atomic E-state index is 0.0493. The molecule has 9 nitrogen and oxygen atoms in total. The molecule has 0 saturated carbocycles. The number of unbranched alkanes of at least 4 members (excludes halogenated alkanes) is 1. The van der Waals surface area contributed by atoms with Crippen LogP contribution in [0.1, 0.15) is 51.8 Å². The van der Waals surface area contributed by atoms with Crippen molar-refractivity contribution in [2.45, 2.75) is 52.4 Å². The minimum absolute atomic E-state index is 0.0493. The van der Waals surface area contributed by atoms with E-state index in [4.69, 9.17) is 9.47 Å². The first-order chi connectivity index (χ1) is 17.6. The maximum Gasteiger partial charge on any atom is 0.220 e. The fourth-order valence-electron chi connectivity index (χ4n) is 3.76. The number of aromatic nitrogens is 5. The zero-order valence-electron chi connectivity index (χ0n) is 21.0. The Kier molecular flexibility index (Phi) is 9.02. The van der Waals surface area contributed by atoms with E-state index in [-0.39, 0.29) is 5.91 Å². The highest BCUT2D eigenvalue weighted by Crippen LogP contribution is 2.19. The van der Waals surface area contributed by atoms with Crippen LogP contribution < -0.4 is 10.1 Å². The molecule has 1 aliphatic carbocycles. The standard InChI is InChI=1S/C27H34N6O3/c1-3-25-29-19-24-27(30-25)33(32-31-24)21-10-14-23(15-11-21)36-18-6-7-26(34)28-16-4-5-17-35-22-12-8-20(2)9-13-22/h8,10-15,19-20H,3-7,9,16-18H2,1-2H3,(H,28,34). The largest absolute Gasteiger partial charge is 0.494 e. The summed E-state index contributed by atoms with van der Waals surface area (Å²) >= 11 is 0. The van der Waals surface area contributed by atoms with Gasteiger partial charge >= 0.3 is 0 Å². The van der Waals surface area contributed by atoms with E-state index >= 15 is 0 Å². The fourth-order valence-corrected chi connectivity index (χ4v) is 3.76. The molecule has 2 aromatic heterocycles. The van der Waals surface area contributed by atoms with Gasteiger partial charge in [-0.2, -0.15) is 4.68 Å². The Hall–Kier alpha value is -3.75. The van der Waals surface area contributed by atoms with E-state index < -0.39 is 0 Å². The molecule has 0 saturated heterocycles. The summed E-state index contributed by atoms with van der Waals surface area (Å²) in [5.41, 5.74) is 2.18. The van der Waals surface area contributed by atoms with Gasteiger partial charge in [0, 0.05) is 19.4 Å². The van der Waals surface area contributed by atoms with Crippen LogP contribution in [0.5, 0.6) is 5.75 Å². The summed E-state index contributed by atoms with van der Waals surface area (Å²) in [4.78, 5) is 20.8. The number of nitrogens with one attached hydrogen (secondary N) is 1. The highest BCUT2D eigenvalue weighted by molar-refractivity contribution is 5.75. The summed E-state index contributed by atoms with van der Waals surface area (Å²) in [6.45, 7) is 6.01. The second-order valence-corrected chi connectivity index (χ2v) is 8.88. The molecule has 1 N–H and O–H groups in total. The predicted molar refractivity (Wildman–Crippen MR) is 138 cm³/mol. The number of aryl methyl sites for hydroxylation is 1. The van der Waals surface area contributed by atoms with Crippen molar-refractivity contribution in [2.75, 3.05) is 19.8 Å². The summed E-state index contributed by atoms with van der Waals surface area (Å²) in [5, 5.41) is 11.3. The Bertz CT molecular complexity index is 1200. The van der Waals surface area contributed by atoms with Crippen LogP contribution in [-0.4, -0.2) is 50.6 Å². The van der Waals surface area contributed by atoms with Crippen molar-refractivity contribution in [3.05, 3.63) is 60.3 Å². The molecule has 0 radical (unpaired) electrons. The van der Waals surface area contributed by atoms with Gasteiger partial charge in [-0.15, -0.1) is 5.10 Å². The number of carbonyl (C=O) groups excluding carboxylic acids is 1. The maximum absolute atomic E-state index is 12.1. The van der Waals surface area contributed by atoms with Gasteiger partial charge in [0.25, 0.3) is 0 Å². The van der Waals surface area contributed by atoms with Crippen molar-refractivity contribution in [1.82, 2.24) is 30.3 Å². The molecule has 0 aliphatic heterocycles. The number of amides is 1. The fraction of sp³-hybridized carbons (Fsp3) is 0.444. The van der Waals surface area contributed by atoms with Gasteiger partial charge in [0.2, 0.25) is 5.91 Å². The van der Waals surface area contributed by atoms with Crippen LogP contribution in [0.4, 0.5) is 0 Å². The molecule has 2 heterocycles. The number of rotatable bonds is 13. The van der Waals surface area contributed by atoms with Gasteiger partial charge in [0.1, 0.15) is 17.3 Å². The summed E-state index contributed by atoms with van der Waals surface area (Å²) < 4.78 is 13.2. The molecule has 1 unspecified atom stereocenters. The number of hydrogen-bond acceptors (Lipinski definition) is 7. The Labute approximate surface area is 211 Å². The molecule has 3 aromatic rings. The van der Waals surface area contributed by atoms with Crippen LogP contribution in [0.15, 0.2) is 54.4 Å². The van der Waals surface area contributed by atoms with Crippen molar-refractivity contribution in [2.24, 2.45) is 5.92 Å². The molecule has 190 valence electrons. The molecule has 9 heteroatoms. The topological polar surface area (TPSA) is 104 Å². The summed E-state index contributed by atoms with van der Waals surface area (Å²) in [5.74, 6) is 3.09. The van der Waals surface area contributed by atoms with Crippen LogP contribution in [0.25, 0.3) is 16.9 Å². The molecule has 36 heavy (non-hydrogen) atoms. The van der Waals surface area contributed by atoms with E-state index in [9.17, 15) is 4.79 Å². The van der Waals surface area contributed by atoms with Crippen molar-refractivity contribution in [1.29, 1.82) is 0 Å². The molecule has 1 aliphatic rings. The zero-order chi connectivity index (χ0) is 25.2. The van der Waals surface area contributed by atoms with Gasteiger partial charge in [-0.05, 0) is 68.0 Å². The van der Waals surface area contributed by atoms with Crippen LogP contribution in [0, 0.1) is 5.92 Å². The van der Waals surface area contributed by atoms with Crippen molar-refractivity contribution >= 4 is 17.1 Å². The van der Waals surface area contributed by atoms with Crippen molar-refractivity contribution in [3.8, 4) is 11.4 Å². The van der Waals surface area contributed by atoms with Gasteiger partial charge in [-0.1, -0.05) is 25.1 Å². The van der Waals surface area contributed by atoms with E-state index in [0.717, 1.165) is 48.7 Å². The SMILES string of the molecule is CCc1ncc2nnn(-c3ccc(OCCCC(=O)NCCCCOC4=CCC(C)C=C4)cc3)c2n1. The first-order valence-corrected chi connectivity index (χ1v) is 12.7. The third-order valence-corrected chi connectivity index (χ3v) is 5.90. The number of fused-ring (bicyclic) bond motifs is 1. The van der Waals surface area contributed by atoms with Crippen molar-refractivity contribution in [3.63, 3.8) is 0 Å². The van der Waals surface area contributed by atoms with Gasteiger partial charge in [-0.25, -0.2) is 9.97 Å². The third-order valence-electron chi connectivity index (χ3n) is 5.90. The number of allylic oxidation sites excluding steroid dienone is 3. The second-order valence-electron chi connectivity index (χ2n) is 8.88. The average Bonchev–Trinajstić information content (AvgIpc) is 3.33. The summed E-state index contributed by atoms with van der Waals surface area (Å²) in [6, 6.07) is 7.59. The Morgan fingerprint density at radius 3 is 2.75 bits per heavy atom. The van der Waals surface area contributed by atoms with E-state index in [2.05, 4.69) is 44.7 Å². The highest BCUT2D eigenvalue weighted by Gasteiger charge is 2.10. The highest BCUT2D eigenvalue weighted by atomic mass is 16.5. The Morgan fingerprint density at radius 1 is 1.14 bits per heavy atom. The van der Waals surface area contributed by atoms with Crippen molar-refractivity contribution < 1.29 is 14.3 Å². The third kappa shape index (κ3) is 7.13. The van der Waals surface area contributed by atoms with Gasteiger partial charge in [0.05, 0.1) is 25.1 Å². The predicted octanol–water partition coefficient (Wildman–Crippen LogP) is 4.32. The lowest BCUT2D eigenvalue weighted by molar-refractivity contribution is -0.121. The van der Waals surface area contributed by atoms with E-state index in [1.54, 1.807) is 10.9 Å². The molecule has 1 aromatic carbocycles. The molecule has 0 bridgehead atoms. The monoisotopic (exact) mass is 490 g/mol. The molecule has 1 atom stereocenters. The molecule has 4 rings (SSSR count). The molecule has 0 fully saturated rings. The molecular weight excluding hydrogens is 456 g/mol. The normalized spacial score (nSPS) is 15.1. The minimum Gasteiger partial charge on any atom is -0.494 e. The lowest BCUT2D eigenvalue weighted by Gasteiger charge is -2.13. The average molecular weight is 491 g/mol. The number of carbonyl (C=O) groups is 1. The number of ether oxygens (including phenoxy) is 2. The zero-order valence-corrected chi connectivity index (χ0v) is 21.0. The first kappa shape index (κ1) is 25.3. The maximum atomic E-state index is 12.1. The lowest BCUT2D eigenvalue weighted by atomic mass is 10.0.